The number of hydrogen-bond donors (Lipinski definition) is 1. The van der Waals surface area contributed by atoms with Crippen molar-refractivity contribution >= 4 is 11.7 Å². The Morgan fingerprint density at radius 3 is 2.85 bits per heavy atom. The molecule has 0 radical (unpaired) electrons. The number of hydrogen-bond acceptors (Lipinski definition) is 5. The van der Waals surface area contributed by atoms with E-state index in [9.17, 15) is 4.79 Å². The monoisotopic (exact) mass is 347 g/mol. The number of carbonyl (C=O) groups excluding carboxylic acids is 1. The molecule has 0 unspecified atom stereocenters. The van der Waals surface area contributed by atoms with Crippen molar-refractivity contribution in [2.45, 2.75) is 20.0 Å². The average Bonchev–Trinajstić information content (AvgIpc) is 3.28. The SMILES string of the molecule is Cc1ccc(Cn2cc(CNC(=O)c3cn4cccnc4n3)nn2)cc1. The number of benzene rings is 1. The standard InChI is InChI=1S/C18H17N7O/c1-13-3-5-14(6-4-13)10-25-11-15(22-23-25)9-20-17(26)16-12-24-8-2-7-19-18(24)21-16/h2-8,11-12H,9-10H2,1H3,(H,20,26). The van der Waals surface area contributed by atoms with E-state index in [1.165, 1.54) is 5.56 Å². The number of carbonyl (C=O) groups is 1. The lowest BCUT2D eigenvalue weighted by Gasteiger charge is -2.01. The number of rotatable bonds is 5. The minimum atomic E-state index is -0.274. The summed E-state index contributed by atoms with van der Waals surface area (Å²) < 4.78 is 3.45. The molecule has 4 rings (SSSR count). The second-order valence-corrected chi connectivity index (χ2v) is 6.03. The Hall–Kier alpha value is -3.55. The van der Waals surface area contributed by atoms with Gasteiger partial charge >= 0.3 is 0 Å². The lowest BCUT2D eigenvalue weighted by atomic mass is 10.1. The number of nitrogens with zero attached hydrogens (tertiary/aromatic N) is 6. The highest BCUT2D eigenvalue weighted by Crippen LogP contribution is 2.06. The van der Waals surface area contributed by atoms with Gasteiger partial charge in [0.1, 0.15) is 11.4 Å². The van der Waals surface area contributed by atoms with Gasteiger partial charge in [-0.15, -0.1) is 5.10 Å². The van der Waals surface area contributed by atoms with Gasteiger partial charge in [-0.3, -0.25) is 9.20 Å². The number of fused-ring (bicyclic) bond motifs is 1. The van der Waals surface area contributed by atoms with E-state index in [0.29, 0.717) is 23.7 Å². The Labute approximate surface area is 149 Å². The molecule has 26 heavy (non-hydrogen) atoms. The van der Waals surface area contributed by atoms with Crippen LogP contribution in [0.4, 0.5) is 0 Å². The largest absolute Gasteiger partial charge is 0.345 e. The van der Waals surface area contributed by atoms with Gasteiger partial charge in [0.05, 0.1) is 19.3 Å². The topological polar surface area (TPSA) is 90.0 Å². The summed E-state index contributed by atoms with van der Waals surface area (Å²) in [6, 6.07) is 10.0. The molecule has 0 spiro atoms. The molecule has 8 nitrogen and oxygen atoms in total. The average molecular weight is 347 g/mol. The van der Waals surface area contributed by atoms with Gasteiger partial charge < -0.3 is 5.32 Å². The molecule has 4 aromatic rings. The molecule has 0 bridgehead atoms. The van der Waals surface area contributed by atoms with Crippen LogP contribution in [-0.4, -0.2) is 35.3 Å². The zero-order chi connectivity index (χ0) is 17.9. The predicted molar refractivity (Wildman–Crippen MR) is 94.5 cm³/mol. The maximum Gasteiger partial charge on any atom is 0.271 e. The Bertz CT molecular complexity index is 1020. The molecular weight excluding hydrogens is 330 g/mol. The van der Waals surface area contributed by atoms with E-state index in [-0.39, 0.29) is 12.5 Å². The highest BCUT2D eigenvalue weighted by atomic mass is 16.1. The molecule has 3 aromatic heterocycles. The summed E-state index contributed by atoms with van der Waals surface area (Å²) >= 11 is 0. The van der Waals surface area contributed by atoms with Crippen molar-refractivity contribution in [2.24, 2.45) is 0 Å². The maximum atomic E-state index is 12.2. The summed E-state index contributed by atoms with van der Waals surface area (Å²) in [6.45, 7) is 2.98. The van der Waals surface area contributed by atoms with E-state index in [4.69, 9.17) is 0 Å². The Morgan fingerprint density at radius 2 is 2.04 bits per heavy atom. The first-order chi connectivity index (χ1) is 12.7. The van der Waals surface area contributed by atoms with Gasteiger partial charge in [-0.05, 0) is 18.6 Å². The van der Waals surface area contributed by atoms with Gasteiger partial charge in [-0.1, -0.05) is 35.0 Å². The minimum Gasteiger partial charge on any atom is -0.345 e. The van der Waals surface area contributed by atoms with E-state index < -0.39 is 0 Å². The zero-order valence-electron chi connectivity index (χ0n) is 14.2. The number of imidazole rings is 1. The molecule has 8 heteroatoms. The van der Waals surface area contributed by atoms with Crippen LogP contribution in [0.15, 0.2) is 55.1 Å². The molecule has 0 saturated carbocycles. The lowest BCUT2D eigenvalue weighted by molar-refractivity contribution is 0.0946. The lowest BCUT2D eigenvalue weighted by Crippen LogP contribution is -2.23. The summed E-state index contributed by atoms with van der Waals surface area (Å²) in [5, 5.41) is 11.0. The van der Waals surface area contributed by atoms with Crippen LogP contribution in [0.2, 0.25) is 0 Å². The highest BCUT2D eigenvalue weighted by Gasteiger charge is 2.11. The Morgan fingerprint density at radius 1 is 1.19 bits per heavy atom. The fourth-order valence-electron chi connectivity index (χ4n) is 2.58. The summed E-state index contributed by atoms with van der Waals surface area (Å²) in [6.07, 6.45) is 6.90. The smallest absolute Gasteiger partial charge is 0.271 e. The van der Waals surface area contributed by atoms with Crippen molar-refractivity contribution < 1.29 is 4.79 Å². The van der Waals surface area contributed by atoms with Crippen molar-refractivity contribution in [1.29, 1.82) is 0 Å². The van der Waals surface area contributed by atoms with Crippen LogP contribution in [0.5, 0.6) is 0 Å². The minimum absolute atomic E-state index is 0.274. The van der Waals surface area contributed by atoms with Gasteiger partial charge in [0.2, 0.25) is 5.78 Å². The van der Waals surface area contributed by atoms with Crippen molar-refractivity contribution in [3.8, 4) is 0 Å². The van der Waals surface area contributed by atoms with Crippen LogP contribution in [0.1, 0.15) is 27.3 Å². The van der Waals surface area contributed by atoms with E-state index in [2.05, 4.69) is 56.8 Å². The number of amides is 1. The quantitative estimate of drug-likeness (QED) is 0.592. The highest BCUT2D eigenvalue weighted by molar-refractivity contribution is 5.92. The third kappa shape index (κ3) is 3.44. The van der Waals surface area contributed by atoms with Crippen LogP contribution < -0.4 is 5.32 Å². The summed E-state index contributed by atoms with van der Waals surface area (Å²) in [5.74, 6) is 0.213. The summed E-state index contributed by atoms with van der Waals surface area (Å²) in [4.78, 5) is 20.5. The van der Waals surface area contributed by atoms with E-state index >= 15 is 0 Å². The summed E-state index contributed by atoms with van der Waals surface area (Å²) in [7, 11) is 0. The number of aromatic nitrogens is 6. The number of nitrogens with one attached hydrogen (secondary N) is 1. The van der Waals surface area contributed by atoms with Gasteiger partial charge in [0.15, 0.2) is 0 Å². The van der Waals surface area contributed by atoms with E-state index in [1.807, 2.05) is 6.20 Å². The fourth-order valence-corrected chi connectivity index (χ4v) is 2.58. The second-order valence-electron chi connectivity index (χ2n) is 6.03. The molecular formula is C18H17N7O. The molecule has 0 saturated heterocycles. The van der Waals surface area contributed by atoms with Crippen LogP contribution in [0.3, 0.4) is 0 Å². The van der Waals surface area contributed by atoms with E-state index in [1.54, 1.807) is 33.7 Å². The molecule has 0 aliphatic heterocycles. The predicted octanol–water partition coefficient (Wildman–Crippen LogP) is 1.61. The van der Waals surface area contributed by atoms with Crippen LogP contribution in [0.25, 0.3) is 5.78 Å². The first-order valence-corrected chi connectivity index (χ1v) is 8.20. The number of aryl methyl sites for hydroxylation is 1. The van der Waals surface area contributed by atoms with E-state index in [0.717, 1.165) is 5.56 Å². The molecule has 0 fully saturated rings. The Kier molecular flexibility index (Phi) is 4.14. The van der Waals surface area contributed by atoms with Crippen LogP contribution in [-0.2, 0) is 13.1 Å². The van der Waals surface area contributed by atoms with Crippen LogP contribution >= 0.6 is 0 Å². The van der Waals surface area contributed by atoms with Gasteiger partial charge in [-0.2, -0.15) is 0 Å². The second kappa shape index (κ2) is 6.75. The van der Waals surface area contributed by atoms with Crippen molar-refractivity contribution in [2.75, 3.05) is 0 Å². The molecule has 1 amide bonds. The van der Waals surface area contributed by atoms with Gasteiger partial charge in [0, 0.05) is 18.6 Å². The molecule has 1 aromatic carbocycles. The van der Waals surface area contributed by atoms with Gasteiger partial charge in [-0.25, -0.2) is 14.6 Å². The maximum absolute atomic E-state index is 12.2. The fraction of sp³-hybridized carbons (Fsp3) is 0.167. The van der Waals surface area contributed by atoms with Gasteiger partial charge in [0.25, 0.3) is 5.91 Å². The summed E-state index contributed by atoms with van der Waals surface area (Å²) in [5.41, 5.74) is 3.37. The van der Waals surface area contributed by atoms with Crippen molar-refractivity contribution in [1.82, 2.24) is 34.7 Å². The first kappa shape index (κ1) is 15.9. The van der Waals surface area contributed by atoms with Crippen molar-refractivity contribution in [3.63, 3.8) is 0 Å². The molecule has 130 valence electrons. The van der Waals surface area contributed by atoms with Crippen molar-refractivity contribution in [3.05, 3.63) is 77.6 Å². The molecule has 3 heterocycles. The first-order valence-electron chi connectivity index (χ1n) is 8.20. The third-order valence-corrected chi connectivity index (χ3v) is 3.95. The van der Waals surface area contributed by atoms with Crippen LogP contribution in [0, 0.1) is 6.92 Å². The third-order valence-electron chi connectivity index (χ3n) is 3.95. The zero-order valence-corrected chi connectivity index (χ0v) is 14.2. The Balaban J connectivity index is 1.38. The molecule has 0 aliphatic carbocycles. The molecule has 0 aliphatic rings. The molecule has 1 N–H and O–H groups in total. The molecule has 0 atom stereocenters. The normalized spacial score (nSPS) is 11.0.